The van der Waals surface area contributed by atoms with Gasteiger partial charge in [-0.15, -0.1) is 0 Å². The van der Waals surface area contributed by atoms with Gasteiger partial charge in [0.15, 0.2) is 5.78 Å². The maximum Gasteiger partial charge on any atom is 0.224 e. The average Bonchev–Trinajstić information content (AvgIpc) is 3.38. The maximum absolute atomic E-state index is 12.6. The van der Waals surface area contributed by atoms with Gasteiger partial charge in [-0.1, -0.05) is 30.3 Å². The number of Topliss-reactive ketones (excluding diaryl/α,β-unsaturated/α-hetero) is 1. The number of nitrogens with zero attached hydrogens (tertiary/aromatic N) is 1. The highest BCUT2D eigenvalue weighted by Crippen LogP contribution is 2.31. The first-order valence-corrected chi connectivity index (χ1v) is 9.21. The zero-order valence-corrected chi connectivity index (χ0v) is 14.7. The van der Waals surface area contributed by atoms with Gasteiger partial charge in [-0.05, 0) is 43.7 Å². The van der Waals surface area contributed by atoms with Gasteiger partial charge in [0.2, 0.25) is 5.91 Å². The molecule has 0 unspecified atom stereocenters. The van der Waals surface area contributed by atoms with E-state index in [4.69, 9.17) is 0 Å². The van der Waals surface area contributed by atoms with Crippen molar-refractivity contribution < 1.29 is 9.59 Å². The first kappa shape index (κ1) is 16.1. The fraction of sp³-hybridized carbons (Fsp3) is 0.429. The second-order valence-corrected chi connectivity index (χ2v) is 7.25. The molecule has 1 saturated carbocycles. The molecule has 1 heterocycles. The zero-order valence-electron chi connectivity index (χ0n) is 14.7. The third-order valence-corrected chi connectivity index (χ3v) is 5.32. The number of amides is 1. The summed E-state index contributed by atoms with van der Waals surface area (Å²) in [6.07, 6.45) is 4.89. The number of fused-ring (bicyclic) bond motifs is 1. The second kappa shape index (κ2) is 6.51. The molecule has 25 heavy (non-hydrogen) atoms. The minimum atomic E-state index is 0.0450. The van der Waals surface area contributed by atoms with E-state index in [1.165, 1.54) is 5.56 Å². The summed E-state index contributed by atoms with van der Waals surface area (Å²) in [5, 5.41) is 3.05. The van der Waals surface area contributed by atoms with Gasteiger partial charge in [0.05, 0.1) is 6.42 Å². The Kier molecular flexibility index (Phi) is 4.20. The standard InChI is InChI=1S/C21H24N2O2/c1-14-17(12-20(25)22-16-10-11-16)21-18(8-5-9-19(21)24)23(14)13-15-6-3-2-4-7-15/h2-4,6-7,16H,5,8-13H2,1H3,(H,22,25). The van der Waals surface area contributed by atoms with Crippen LogP contribution in [-0.4, -0.2) is 22.3 Å². The quantitative estimate of drug-likeness (QED) is 0.912. The van der Waals surface area contributed by atoms with Crippen molar-refractivity contribution in [2.24, 2.45) is 0 Å². The SMILES string of the molecule is Cc1c(CC(=O)NC2CC2)c2c(n1Cc1ccccc1)CCCC2=O. The van der Waals surface area contributed by atoms with Crippen LogP contribution in [0, 0.1) is 6.92 Å². The van der Waals surface area contributed by atoms with Crippen molar-refractivity contribution in [1.29, 1.82) is 0 Å². The Morgan fingerprint density at radius 1 is 1.20 bits per heavy atom. The predicted octanol–water partition coefficient (Wildman–Crippen LogP) is 3.18. The van der Waals surface area contributed by atoms with Crippen molar-refractivity contribution in [2.45, 2.75) is 58.0 Å². The Bertz CT molecular complexity index is 816. The third-order valence-electron chi connectivity index (χ3n) is 5.32. The van der Waals surface area contributed by atoms with Crippen LogP contribution < -0.4 is 5.32 Å². The van der Waals surface area contributed by atoms with Crippen molar-refractivity contribution in [1.82, 2.24) is 9.88 Å². The van der Waals surface area contributed by atoms with E-state index >= 15 is 0 Å². The maximum atomic E-state index is 12.6. The fourth-order valence-corrected chi connectivity index (χ4v) is 3.85. The molecule has 1 aromatic carbocycles. The molecular formula is C21H24N2O2. The Labute approximate surface area is 148 Å². The highest BCUT2D eigenvalue weighted by atomic mass is 16.1. The summed E-state index contributed by atoms with van der Waals surface area (Å²) < 4.78 is 2.25. The smallest absolute Gasteiger partial charge is 0.224 e. The van der Waals surface area contributed by atoms with Gasteiger partial charge < -0.3 is 9.88 Å². The van der Waals surface area contributed by atoms with E-state index in [9.17, 15) is 9.59 Å². The Hall–Kier alpha value is -2.36. The molecule has 2 aliphatic carbocycles. The van der Waals surface area contributed by atoms with Crippen LogP contribution in [0.1, 0.15) is 58.6 Å². The number of hydrogen-bond donors (Lipinski definition) is 1. The van der Waals surface area contributed by atoms with Crippen molar-refractivity contribution >= 4 is 11.7 Å². The molecule has 4 nitrogen and oxygen atoms in total. The number of carbonyl (C=O) groups excluding carboxylic acids is 2. The summed E-state index contributed by atoms with van der Waals surface area (Å²) in [6, 6.07) is 10.7. The molecule has 0 saturated heterocycles. The number of ketones is 1. The summed E-state index contributed by atoms with van der Waals surface area (Å²) >= 11 is 0. The number of carbonyl (C=O) groups is 2. The lowest BCUT2D eigenvalue weighted by atomic mass is 9.92. The number of hydrogen-bond acceptors (Lipinski definition) is 2. The highest BCUT2D eigenvalue weighted by Gasteiger charge is 2.30. The van der Waals surface area contributed by atoms with Crippen LogP contribution >= 0.6 is 0 Å². The molecule has 1 N–H and O–H groups in total. The fourth-order valence-electron chi connectivity index (χ4n) is 3.85. The molecule has 4 heteroatoms. The van der Waals surface area contributed by atoms with Gasteiger partial charge in [-0.25, -0.2) is 0 Å². The predicted molar refractivity (Wildman–Crippen MR) is 96.9 cm³/mol. The lowest BCUT2D eigenvalue weighted by Crippen LogP contribution is -2.27. The molecule has 130 valence electrons. The van der Waals surface area contributed by atoms with Crippen LogP contribution in [0.3, 0.4) is 0 Å². The van der Waals surface area contributed by atoms with E-state index < -0.39 is 0 Å². The first-order valence-electron chi connectivity index (χ1n) is 9.21. The summed E-state index contributed by atoms with van der Waals surface area (Å²) in [6.45, 7) is 2.81. The number of rotatable bonds is 5. The third kappa shape index (κ3) is 3.26. The van der Waals surface area contributed by atoms with Gasteiger partial charge in [0, 0.05) is 36.0 Å². The summed E-state index contributed by atoms with van der Waals surface area (Å²) in [7, 11) is 0. The van der Waals surface area contributed by atoms with Crippen LogP contribution in [0.4, 0.5) is 0 Å². The van der Waals surface area contributed by atoms with Crippen LogP contribution in [0.25, 0.3) is 0 Å². The van der Waals surface area contributed by atoms with Gasteiger partial charge in [-0.3, -0.25) is 9.59 Å². The van der Waals surface area contributed by atoms with Crippen molar-refractivity contribution in [3.05, 3.63) is 58.4 Å². The topological polar surface area (TPSA) is 51.1 Å². The molecule has 1 aromatic heterocycles. The Morgan fingerprint density at radius 3 is 2.68 bits per heavy atom. The van der Waals surface area contributed by atoms with Gasteiger partial charge >= 0.3 is 0 Å². The molecule has 0 aliphatic heterocycles. The molecule has 0 bridgehead atoms. The van der Waals surface area contributed by atoms with Crippen molar-refractivity contribution in [2.75, 3.05) is 0 Å². The number of aromatic nitrogens is 1. The lowest BCUT2D eigenvalue weighted by Gasteiger charge is -2.16. The van der Waals surface area contributed by atoms with E-state index in [-0.39, 0.29) is 11.7 Å². The Balaban J connectivity index is 1.70. The van der Waals surface area contributed by atoms with Gasteiger partial charge in [0.1, 0.15) is 0 Å². The molecule has 1 fully saturated rings. The summed E-state index contributed by atoms with van der Waals surface area (Å²) in [5.41, 5.74) is 5.16. The van der Waals surface area contributed by atoms with Crippen LogP contribution in [0.2, 0.25) is 0 Å². The molecule has 0 atom stereocenters. The normalized spacial score (nSPS) is 16.6. The molecule has 2 aromatic rings. The Morgan fingerprint density at radius 2 is 1.96 bits per heavy atom. The van der Waals surface area contributed by atoms with E-state index in [1.807, 2.05) is 25.1 Å². The molecule has 0 spiro atoms. The number of nitrogens with one attached hydrogen (secondary N) is 1. The largest absolute Gasteiger partial charge is 0.353 e. The van der Waals surface area contributed by atoms with Crippen LogP contribution in [-0.2, 0) is 24.2 Å². The van der Waals surface area contributed by atoms with E-state index in [0.29, 0.717) is 18.9 Å². The molecule has 4 rings (SSSR count). The monoisotopic (exact) mass is 336 g/mol. The minimum absolute atomic E-state index is 0.0450. The minimum Gasteiger partial charge on any atom is -0.353 e. The lowest BCUT2D eigenvalue weighted by molar-refractivity contribution is -0.120. The zero-order chi connectivity index (χ0) is 17.4. The van der Waals surface area contributed by atoms with Gasteiger partial charge in [-0.2, -0.15) is 0 Å². The van der Waals surface area contributed by atoms with Crippen LogP contribution in [0.5, 0.6) is 0 Å². The van der Waals surface area contributed by atoms with Crippen LogP contribution in [0.15, 0.2) is 30.3 Å². The molecule has 0 radical (unpaired) electrons. The van der Waals surface area contributed by atoms with Gasteiger partial charge in [0.25, 0.3) is 0 Å². The van der Waals surface area contributed by atoms with Crippen molar-refractivity contribution in [3.8, 4) is 0 Å². The molecule has 2 aliphatic rings. The summed E-state index contributed by atoms with van der Waals surface area (Å²) in [4.78, 5) is 24.9. The molecular weight excluding hydrogens is 312 g/mol. The van der Waals surface area contributed by atoms with E-state index in [1.54, 1.807) is 0 Å². The highest BCUT2D eigenvalue weighted by molar-refractivity contribution is 6.01. The molecule has 1 amide bonds. The van der Waals surface area contributed by atoms with E-state index in [2.05, 4.69) is 22.0 Å². The van der Waals surface area contributed by atoms with E-state index in [0.717, 1.165) is 54.7 Å². The second-order valence-electron chi connectivity index (χ2n) is 7.25. The number of benzene rings is 1. The average molecular weight is 336 g/mol. The summed E-state index contributed by atoms with van der Waals surface area (Å²) in [5.74, 6) is 0.244. The first-order chi connectivity index (χ1) is 12.1. The van der Waals surface area contributed by atoms with Crippen molar-refractivity contribution in [3.63, 3.8) is 0 Å².